The van der Waals surface area contributed by atoms with Crippen molar-refractivity contribution in [3.05, 3.63) is 60.3 Å². The Bertz CT molecular complexity index is 859. The second-order valence-electron chi connectivity index (χ2n) is 5.35. The Labute approximate surface area is 158 Å². The molecule has 6 nitrogen and oxygen atoms in total. The smallest absolute Gasteiger partial charge is 0.466 e. The first-order valence-electron chi connectivity index (χ1n) is 7.83. The predicted molar refractivity (Wildman–Crippen MR) is 94.3 cm³/mol. The van der Waals surface area contributed by atoms with E-state index < -0.39 is 18.3 Å². The Kier molecular flexibility index (Phi) is 6.64. The SMILES string of the molecule is COC(=O)/C=C(/Nc1ccc(-c2ccc(OC(F)(F)F)cc2)cc1)C(=O)OC. The molecular formula is C19H16F3NO5. The minimum absolute atomic E-state index is 0.115. The number of esters is 2. The minimum atomic E-state index is -4.75. The van der Waals surface area contributed by atoms with Crippen LogP contribution in [0.15, 0.2) is 60.3 Å². The third kappa shape index (κ3) is 6.04. The highest BCUT2D eigenvalue weighted by Crippen LogP contribution is 2.27. The Morgan fingerprint density at radius 1 is 0.893 bits per heavy atom. The molecule has 0 aliphatic heterocycles. The molecule has 0 spiro atoms. The van der Waals surface area contributed by atoms with Gasteiger partial charge in [-0.3, -0.25) is 0 Å². The number of halogens is 3. The lowest BCUT2D eigenvalue weighted by molar-refractivity contribution is -0.274. The van der Waals surface area contributed by atoms with Crippen LogP contribution in [0.4, 0.5) is 18.9 Å². The number of benzene rings is 2. The fourth-order valence-corrected chi connectivity index (χ4v) is 2.18. The van der Waals surface area contributed by atoms with E-state index in [0.717, 1.165) is 11.6 Å². The predicted octanol–water partition coefficient (Wildman–Crippen LogP) is 3.89. The molecule has 0 fully saturated rings. The number of carbonyl (C=O) groups excluding carboxylic acids is 2. The molecule has 0 heterocycles. The largest absolute Gasteiger partial charge is 0.573 e. The fourth-order valence-electron chi connectivity index (χ4n) is 2.18. The Hall–Kier alpha value is -3.49. The maximum absolute atomic E-state index is 12.2. The zero-order chi connectivity index (χ0) is 20.7. The number of ether oxygens (including phenoxy) is 3. The third-order valence-corrected chi connectivity index (χ3v) is 3.45. The van der Waals surface area contributed by atoms with Gasteiger partial charge in [0.25, 0.3) is 0 Å². The lowest BCUT2D eigenvalue weighted by Crippen LogP contribution is -2.16. The molecule has 2 aromatic carbocycles. The Balaban J connectivity index is 2.15. The van der Waals surface area contributed by atoms with E-state index in [1.165, 1.54) is 38.5 Å². The molecule has 148 valence electrons. The van der Waals surface area contributed by atoms with Gasteiger partial charge in [-0.15, -0.1) is 13.2 Å². The molecule has 0 aliphatic carbocycles. The highest BCUT2D eigenvalue weighted by atomic mass is 19.4. The molecule has 0 atom stereocenters. The first-order chi connectivity index (χ1) is 13.2. The van der Waals surface area contributed by atoms with Crippen LogP contribution in [-0.2, 0) is 19.1 Å². The maximum atomic E-state index is 12.2. The number of carbonyl (C=O) groups is 2. The molecule has 0 bridgehead atoms. The van der Waals surface area contributed by atoms with Crippen molar-refractivity contribution in [3.63, 3.8) is 0 Å². The molecule has 9 heteroatoms. The lowest BCUT2D eigenvalue weighted by atomic mass is 10.1. The average molecular weight is 395 g/mol. The quantitative estimate of drug-likeness (QED) is 0.591. The van der Waals surface area contributed by atoms with Gasteiger partial charge in [0.1, 0.15) is 11.4 Å². The van der Waals surface area contributed by atoms with E-state index in [0.29, 0.717) is 11.3 Å². The van der Waals surface area contributed by atoms with Gasteiger partial charge in [-0.2, -0.15) is 0 Å². The van der Waals surface area contributed by atoms with Crippen LogP contribution in [0.1, 0.15) is 0 Å². The minimum Gasteiger partial charge on any atom is -0.466 e. The van der Waals surface area contributed by atoms with Crippen molar-refractivity contribution in [2.24, 2.45) is 0 Å². The van der Waals surface area contributed by atoms with Gasteiger partial charge in [-0.05, 0) is 35.4 Å². The summed E-state index contributed by atoms with van der Waals surface area (Å²) in [5.41, 5.74) is 1.76. The molecule has 0 aromatic heterocycles. The molecule has 2 rings (SSSR count). The summed E-state index contributed by atoms with van der Waals surface area (Å²) in [6.07, 6.45) is -3.79. The number of rotatable bonds is 6. The summed E-state index contributed by atoms with van der Waals surface area (Å²) >= 11 is 0. The number of anilines is 1. The number of alkyl halides is 3. The van der Waals surface area contributed by atoms with E-state index in [9.17, 15) is 22.8 Å². The van der Waals surface area contributed by atoms with Crippen molar-refractivity contribution in [2.75, 3.05) is 19.5 Å². The highest BCUT2D eigenvalue weighted by molar-refractivity contribution is 5.98. The van der Waals surface area contributed by atoms with Gasteiger partial charge in [-0.25, -0.2) is 9.59 Å². The first kappa shape index (κ1) is 20.8. The van der Waals surface area contributed by atoms with E-state index in [2.05, 4.69) is 19.5 Å². The average Bonchev–Trinajstić information content (AvgIpc) is 2.66. The fraction of sp³-hybridized carbons (Fsp3) is 0.158. The zero-order valence-electron chi connectivity index (χ0n) is 14.9. The first-order valence-corrected chi connectivity index (χ1v) is 7.83. The summed E-state index contributed by atoms with van der Waals surface area (Å²) in [6, 6.07) is 12.0. The molecule has 1 N–H and O–H groups in total. The van der Waals surface area contributed by atoms with Crippen LogP contribution in [0.25, 0.3) is 11.1 Å². The van der Waals surface area contributed by atoms with Gasteiger partial charge in [0.2, 0.25) is 0 Å². The summed E-state index contributed by atoms with van der Waals surface area (Å²) in [5, 5.41) is 2.75. The van der Waals surface area contributed by atoms with Crippen LogP contribution in [-0.4, -0.2) is 32.5 Å². The van der Waals surface area contributed by atoms with Crippen molar-refractivity contribution in [2.45, 2.75) is 6.36 Å². The monoisotopic (exact) mass is 395 g/mol. The topological polar surface area (TPSA) is 73.9 Å². The van der Waals surface area contributed by atoms with E-state index in [1.54, 1.807) is 24.3 Å². The Morgan fingerprint density at radius 3 is 1.89 bits per heavy atom. The van der Waals surface area contributed by atoms with Crippen LogP contribution in [0.5, 0.6) is 5.75 Å². The molecule has 0 aliphatic rings. The summed E-state index contributed by atoms with van der Waals surface area (Å²) < 4.78 is 49.5. The van der Waals surface area contributed by atoms with Crippen LogP contribution in [0.3, 0.4) is 0 Å². The van der Waals surface area contributed by atoms with E-state index in [4.69, 9.17) is 0 Å². The van der Waals surface area contributed by atoms with E-state index in [1.807, 2.05) is 0 Å². The normalized spacial score (nSPS) is 11.5. The standard InChI is InChI=1S/C19H16F3NO5/c1-26-17(24)11-16(18(25)27-2)23-14-7-3-12(4-8-14)13-5-9-15(10-6-13)28-19(20,21)22/h3-11,23H,1-2H3/b16-11+. The maximum Gasteiger partial charge on any atom is 0.573 e. The molecule has 0 amide bonds. The van der Waals surface area contributed by atoms with E-state index >= 15 is 0 Å². The molecule has 28 heavy (non-hydrogen) atoms. The number of hydrogen-bond donors (Lipinski definition) is 1. The third-order valence-electron chi connectivity index (χ3n) is 3.45. The molecule has 0 saturated carbocycles. The zero-order valence-corrected chi connectivity index (χ0v) is 14.9. The van der Waals surface area contributed by atoms with Crippen LogP contribution < -0.4 is 10.1 Å². The van der Waals surface area contributed by atoms with Crippen molar-refractivity contribution in [1.29, 1.82) is 0 Å². The highest BCUT2D eigenvalue weighted by Gasteiger charge is 2.30. The van der Waals surface area contributed by atoms with Gasteiger partial charge in [0.15, 0.2) is 0 Å². The number of methoxy groups -OCH3 is 2. The molecule has 0 radical (unpaired) electrons. The van der Waals surface area contributed by atoms with E-state index in [-0.39, 0.29) is 11.4 Å². The van der Waals surface area contributed by atoms with Gasteiger partial charge < -0.3 is 19.5 Å². The van der Waals surface area contributed by atoms with Gasteiger partial charge in [-0.1, -0.05) is 24.3 Å². The summed E-state index contributed by atoms with van der Waals surface area (Å²) in [4.78, 5) is 23.1. The molecule has 0 saturated heterocycles. The second-order valence-corrected chi connectivity index (χ2v) is 5.35. The van der Waals surface area contributed by atoms with Crippen molar-refractivity contribution >= 4 is 17.6 Å². The summed E-state index contributed by atoms with van der Waals surface area (Å²) in [7, 11) is 2.35. The van der Waals surface area contributed by atoms with Gasteiger partial charge in [0.05, 0.1) is 20.3 Å². The van der Waals surface area contributed by atoms with Crippen molar-refractivity contribution < 1.29 is 37.0 Å². The van der Waals surface area contributed by atoms with Crippen LogP contribution in [0.2, 0.25) is 0 Å². The Morgan fingerprint density at radius 2 is 1.43 bits per heavy atom. The van der Waals surface area contributed by atoms with Gasteiger partial charge in [0, 0.05) is 5.69 Å². The number of hydrogen-bond acceptors (Lipinski definition) is 6. The van der Waals surface area contributed by atoms with Crippen LogP contribution >= 0.6 is 0 Å². The second kappa shape index (κ2) is 8.94. The summed E-state index contributed by atoms with van der Waals surface area (Å²) in [5.74, 6) is -1.80. The lowest BCUT2D eigenvalue weighted by Gasteiger charge is -2.11. The van der Waals surface area contributed by atoms with Crippen molar-refractivity contribution in [1.82, 2.24) is 0 Å². The molecule has 2 aromatic rings. The van der Waals surface area contributed by atoms with Gasteiger partial charge >= 0.3 is 18.3 Å². The number of nitrogens with one attached hydrogen (secondary N) is 1. The van der Waals surface area contributed by atoms with Crippen LogP contribution in [0, 0.1) is 0 Å². The van der Waals surface area contributed by atoms with Crippen molar-refractivity contribution in [3.8, 4) is 16.9 Å². The molecular weight excluding hydrogens is 379 g/mol. The molecule has 0 unspecified atom stereocenters. The summed E-state index contributed by atoms with van der Waals surface area (Å²) in [6.45, 7) is 0.